The average molecular weight is 226 g/mol. The highest BCUT2D eigenvalue weighted by atomic mass is 16.5. The van der Waals surface area contributed by atoms with Crippen LogP contribution < -0.4 is 5.32 Å². The van der Waals surface area contributed by atoms with E-state index in [-0.39, 0.29) is 0 Å². The van der Waals surface area contributed by atoms with Gasteiger partial charge in [0.1, 0.15) is 0 Å². The summed E-state index contributed by atoms with van der Waals surface area (Å²) in [6.07, 6.45) is 6.41. The van der Waals surface area contributed by atoms with E-state index in [2.05, 4.69) is 24.1 Å². The summed E-state index contributed by atoms with van der Waals surface area (Å²) in [6, 6.07) is 0.802. The van der Waals surface area contributed by atoms with Gasteiger partial charge in [-0.2, -0.15) is 0 Å². The van der Waals surface area contributed by atoms with Gasteiger partial charge in [0.2, 0.25) is 0 Å². The lowest BCUT2D eigenvalue weighted by Crippen LogP contribution is -2.48. The van der Waals surface area contributed by atoms with Crippen molar-refractivity contribution in [3.63, 3.8) is 0 Å². The van der Waals surface area contributed by atoms with Crippen LogP contribution in [0.5, 0.6) is 0 Å². The third kappa shape index (κ3) is 3.72. The molecule has 0 aromatic heterocycles. The van der Waals surface area contributed by atoms with Crippen molar-refractivity contribution in [3.05, 3.63) is 0 Å². The molecule has 1 saturated heterocycles. The number of nitrogens with zero attached hydrogens (tertiary/aromatic N) is 1. The zero-order valence-electron chi connectivity index (χ0n) is 10.7. The third-order valence-corrected chi connectivity index (χ3v) is 3.71. The van der Waals surface area contributed by atoms with Gasteiger partial charge in [-0.25, -0.2) is 0 Å². The molecule has 1 heterocycles. The van der Waals surface area contributed by atoms with Gasteiger partial charge in [-0.3, -0.25) is 4.90 Å². The summed E-state index contributed by atoms with van der Waals surface area (Å²) in [6.45, 7) is 8.85. The number of morpholine rings is 1. The van der Waals surface area contributed by atoms with Crippen LogP contribution >= 0.6 is 0 Å². The van der Waals surface area contributed by atoms with Crippen molar-refractivity contribution in [2.24, 2.45) is 0 Å². The van der Waals surface area contributed by atoms with Crippen LogP contribution in [0.25, 0.3) is 0 Å². The van der Waals surface area contributed by atoms with Crippen LogP contribution in [0.4, 0.5) is 0 Å². The predicted octanol–water partition coefficient (Wildman–Crippen LogP) is 1.63. The van der Waals surface area contributed by atoms with Gasteiger partial charge in [-0.05, 0) is 26.7 Å². The molecule has 0 aromatic carbocycles. The molecule has 0 unspecified atom stereocenters. The Morgan fingerprint density at radius 2 is 1.75 bits per heavy atom. The summed E-state index contributed by atoms with van der Waals surface area (Å²) < 4.78 is 5.73. The normalized spacial score (nSPS) is 33.4. The molecule has 1 N–H and O–H groups in total. The number of rotatable bonds is 4. The Bertz CT molecular complexity index is 194. The topological polar surface area (TPSA) is 24.5 Å². The fourth-order valence-corrected chi connectivity index (χ4v) is 3.02. The van der Waals surface area contributed by atoms with Crippen LogP contribution in [0.1, 0.15) is 39.5 Å². The molecule has 2 atom stereocenters. The molecule has 0 aromatic rings. The molecule has 3 nitrogen and oxygen atoms in total. The smallest absolute Gasteiger partial charge is 0.0678 e. The van der Waals surface area contributed by atoms with Gasteiger partial charge in [0.15, 0.2) is 0 Å². The van der Waals surface area contributed by atoms with Crippen molar-refractivity contribution < 1.29 is 4.74 Å². The van der Waals surface area contributed by atoms with E-state index in [0.29, 0.717) is 12.2 Å². The minimum atomic E-state index is 0.398. The van der Waals surface area contributed by atoms with Crippen molar-refractivity contribution in [2.75, 3.05) is 26.2 Å². The van der Waals surface area contributed by atoms with Gasteiger partial charge in [-0.1, -0.05) is 12.8 Å². The standard InChI is InChI=1S/C13H26N2O/c1-11-9-15(10-12(2)16-11)8-7-14-13-5-3-4-6-13/h11-14H,3-10H2,1-2H3/t11-,12-/m0/s1. The van der Waals surface area contributed by atoms with Gasteiger partial charge < -0.3 is 10.1 Å². The van der Waals surface area contributed by atoms with Crippen molar-refractivity contribution in [1.82, 2.24) is 10.2 Å². The van der Waals surface area contributed by atoms with Crippen molar-refractivity contribution in [1.29, 1.82) is 0 Å². The Hall–Kier alpha value is -0.120. The van der Waals surface area contributed by atoms with Crippen LogP contribution in [0.3, 0.4) is 0 Å². The largest absolute Gasteiger partial charge is 0.373 e. The Labute approximate surface area is 99.5 Å². The maximum Gasteiger partial charge on any atom is 0.0678 e. The summed E-state index contributed by atoms with van der Waals surface area (Å²) in [5.74, 6) is 0. The zero-order valence-corrected chi connectivity index (χ0v) is 10.7. The van der Waals surface area contributed by atoms with Crippen LogP contribution in [-0.2, 0) is 4.74 Å². The first-order valence-electron chi connectivity index (χ1n) is 6.85. The lowest BCUT2D eigenvalue weighted by molar-refractivity contribution is -0.0675. The van der Waals surface area contributed by atoms with Crippen LogP contribution in [0, 0.1) is 0 Å². The minimum Gasteiger partial charge on any atom is -0.373 e. The summed E-state index contributed by atoms with van der Waals surface area (Å²) >= 11 is 0. The molecule has 2 aliphatic rings. The molecule has 0 radical (unpaired) electrons. The molecule has 0 bridgehead atoms. The first-order chi connectivity index (χ1) is 7.74. The fraction of sp³-hybridized carbons (Fsp3) is 1.00. The van der Waals surface area contributed by atoms with E-state index in [4.69, 9.17) is 4.74 Å². The maximum absolute atomic E-state index is 5.73. The molecule has 3 heteroatoms. The van der Waals surface area contributed by atoms with Crippen LogP contribution in [0.15, 0.2) is 0 Å². The Balaban J connectivity index is 1.61. The summed E-state index contributed by atoms with van der Waals surface area (Å²) in [5.41, 5.74) is 0. The van der Waals surface area contributed by atoms with Crippen molar-refractivity contribution in [3.8, 4) is 0 Å². The van der Waals surface area contributed by atoms with Crippen LogP contribution in [-0.4, -0.2) is 49.3 Å². The zero-order chi connectivity index (χ0) is 11.4. The summed E-state index contributed by atoms with van der Waals surface area (Å²) in [7, 11) is 0. The van der Waals surface area contributed by atoms with E-state index in [1.807, 2.05) is 0 Å². The van der Waals surface area contributed by atoms with E-state index < -0.39 is 0 Å². The molecule has 0 spiro atoms. The molecule has 16 heavy (non-hydrogen) atoms. The highest BCUT2D eigenvalue weighted by Gasteiger charge is 2.22. The number of hydrogen-bond donors (Lipinski definition) is 1. The third-order valence-electron chi connectivity index (χ3n) is 3.71. The van der Waals surface area contributed by atoms with E-state index >= 15 is 0 Å². The van der Waals surface area contributed by atoms with Crippen molar-refractivity contribution in [2.45, 2.75) is 57.8 Å². The van der Waals surface area contributed by atoms with Gasteiger partial charge >= 0.3 is 0 Å². The first-order valence-corrected chi connectivity index (χ1v) is 6.85. The van der Waals surface area contributed by atoms with Gasteiger partial charge in [0.25, 0.3) is 0 Å². The molecule has 2 fully saturated rings. The molecular formula is C13H26N2O. The van der Waals surface area contributed by atoms with Gasteiger partial charge in [0.05, 0.1) is 12.2 Å². The average Bonchev–Trinajstić information content (AvgIpc) is 2.69. The Morgan fingerprint density at radius 3 is 2.38 bits per heavy atom. The van der Waals surface area contributed by atoms with Crippen molar-refractivity contribution >= 4 is 0 Å². The second kappa shape index (κ2) is 5.99. The minimum absolute atomic E-state index is 0.398. The highest BCUT2D eigenvalue weighted by molar-refractivity contribution is 4.76. The summed E-state index contributed by atoms with van der Waals surface area (Å²) in [5, 5.41) is 3.68. The monoisotopic (exact) mass is 226 g/mol. The molecule has 1 aliphatic heterocycles. The fourth-order valence-electron chi connectivity index (χ4n) is 3.02. The Morgan fingerprint density at radius 1 is 1.12 bits per heavy atom. The van der Waals surface area contributed by atoms with Gasteiger partial charge in [-0.15, -0.1) is 0 Å². The van der Waals surface area contributed by atoms with E-state index in [1.54, 1.807) is 0 Å². The number of ether oxygens (including phenoxy) is 1. The summed E-state index contributed by atoms with van der Waals surface area (Å²) in [4.78, 5) is 2.53. The Kier molecular flexibility index (Phi) is 4.62. The lowest BCUT2D eigenvalue weighted by Gasteiger charge is -2.35. The van der Waals surface area contributed by atoms with E-state index in [1.165, 1.54) is 32.2 Å². The van der Waals surface area contributed by atoms with E-state index in [0.717, 1.165) is 25.7 Å². The lowest BCUT2D eigenvalue weighted by atomic mass is 10.2. The maximum atomic E-state index is 5.73. The quantitative estimate of drug-likeness (QED) is 0.788. The molecule has 2 rings (SSSR count). The second-order valence-corrected chi connectivity index (χ2v) is 5.45. The van der Waals surface area contributed by atoms with Gasteiger partial charge in [0, 0.05) is 32.2 Å². The highest BCUT2D eigenvalue weighted by Crippen LogP contribution is 2.17. The van der Waals surface area contributed by atoms with Crippen LogP contribution in [0.2, 0.25) is 0 Å². The molecule has 1 aliphatic carbocycles. The second-order valence-electron chi connectivity index (χ2n) is 5.45. The predicted molar refractivity (Wildman–Crippen MR) is 66.7 cm³/mol. The molecule has 0 amide bonds. The number of hydrogen-bond acceptors (Lipinski definition) is 3. The molecule has 94 valence electrons. The SMILES string of the molecule is C[C@H]1CN(CCNC2CCCC2)C[C@H](C)O1. The molecular weight excluding hydrogens is 200 g/mol. The van der Waals surface area contributed by atoms with E-state index in [9.17, 15) is 0 Å². The number of nitrogens with one attached hydrogen (secondary N) is 1. The molecule has 1 saturated carbocycles. The first kappa shape index (κ1) is 12.3.